The fourth-order valence-corrected chi connectivity index (χ4v) is 3.38. The molecule has 1 N–H and O–H groups in total. The molecule has 0 radical (unpaired) electrons. The molecule has 1 atom stereocenters. The number of nitrogens with one attached hydrogen (secondary N) is 1. The molecule has 2 heterocycles. The molecule has 1 aromatic carbocycles. The van der Waals surface area contributed by atoms with Crippen LogP contribution in [0.1, 0.15) is 37.8 Å². The van der Waals surface area contributed by atoms with Crippen molar-refractivity contribution >= 4 is 28.9 Å². The van der Waals surface area contributed by atoms with Gasteiger partial charge in [0.1, 0.15) is 11.1 Å². The first kappa shape index (κ1) is 18.5. The molecule has 0 spiro atoms. The van der Waals surface area contributed by atoms with Crippen molar-refractivity contribution in [3.63, 3.8) is 0 Å². The highest BCUT2D eigenvalue weighted by Crippen LogP contribution is 2.25. The summed E-state index contributed by atoms with van der Waals surface area (Å²) in [6.07, 6.45) is 4.94. The van der Waals surface area contributed by atoms with Gasteiger partial charge in [0.25, 0.3) is 5.56 Å². The number of carbonyl (C=O) groups excluding carboxylic acids is 1. The summed E-state index contributed by atoms with van der Waals surface area (Å²) in [4.78, 5) is 27.3. The first-order valence-electron chi connectivity index (χ1n) is 8.88. The van der Waals surface area contributed by atoms with Crippen molar-refractivity contribution < 1.29 is 4.79 Å². The molecular formula is C19H23ClN4O2. The molecular weight excluding hydrogens is 352 g/mol. The quantitative estimate of drug-likeness (QED) is 0.890. The molecule has 1 saturated heterocycles. The van der Waals surface area contributed by atoms with Crippen molar-refractivity contribution in [3.05, 3.63) is 51.4 Å². The zero-order valence-corrected chi connectivity index (χ0v) is 15.8. The predicted molar refractivity (Wildman–Crippen MR) is 104 cm³/mol. The highest BCUT2D eigenvalue weighted by atomic mass is 35.5. The summed E-state index contributed by atoms with van der Waals surface area (Å²) >= 11 is 6.32. The first-order valence-corrected chi connectivity index (χ1v) is 9.25. The summed E-state index contributed by atoms with van der Waals surface area (Å²) in [5.41, 5.74) is 1.88. The lowest BCUT2D eigenvalue weighted by atomic mass is 10.1. The summed E-state index contributed by atoms with van der Waals surface area (Å²) in [5, 5.41) is 7.18. The number of rotatable bonds is 4. The molecule has 6 nitrogen and oxygen atoms in total. The van der Waals surface area contributed by atoms with Gasteiger partial charge in [-0.1, -0.05) is 29.8 Å². The van der Waals surface area contributed by atoms with Crippen LogP contribution in [0.2, 0.25) is 5.02 Å². The topological polar surface area (TPSA) is 67.2 Å². The van der Waals surface area contributed by atoms with E-state index in [1.54, 1.807) is 13.1 Å². The maximum Gasteiger partial charge on any atom is 0.288 e. The minimum atomic E-state index is -0.769. The van der Waals surface area contributed by atoms with E-state index in [0.717, 1.165) is 36.2 Å². The van der Waals surface area contributed by atoms with Crippen molar-refractivity contribution in [3.8, 4) is 0 Å². The van der Waals surface area contributed by atoms with Gasteiger partial charge in [-0.15, -0.1) is 0 Å². The monoisotopic (exact) mass is 374 g/mol. The normalized spacial score (nSPS) is 15.6. The van der Waals surface area contributed by atoms with Crippen LogP contribution in [0.3, 0.4) is 0 Å². The van der Waals surface area contributed by atoms with Gasteiger partial charge < -0.3 is 10.2 Å². The van der Waals surface area contributed by atoms with Gasteiger partial charge >= 0.3 is 0 Å². The third-order valence-electron chi connectivity index (χ3n) is 4.77. The van der Waals surface area contributed by atoms with Crippen LogP contribution in [-0.4, -0.2) is 28.8 Å². The molecule has 1 amide bonds. The van der Waals surface area contributed by atoms with Gasteiger partial charge in [0.2, 0.25) is 5.91 Å². The standard InChI is InChI=1S/C19H23ClN4O2/c1-13-8-4-5-9-15(13)22-18(25)14(2)24-19(26)17(20)16(12-21-24)23-10-6-3-7-11-23/h4-5,8-9,12,14H,3,6-7,10-11H2,1-2H3,(H,22,25)/t14-/m0/s1. The number of hydrogen-bond donors (Lipinski definition) is 1. The average molecular weight is 375 g/mol. The van der Waals surface area contributed by atoms with Gasteiger partial charge in [0.05, 0.1) is 11.9 Å². The van der Waals surface area contributed by atoms with Crippen LogP contribution in [0.25, 0.3) is 0 Å². The molecule has 7 heteroatoms. The van der Waals surface area contributed by atoms with Crippen LogP contribution in [0, 0.1) is 6.92 Å². The number of amides is 1. The lowest BCUT2D eigenvalue weighted by Gasteiger charge is -2.29. The SMILES string of the molecule is Cc1ccccc1NC(=O)[C@H](C)n1ncc(N2CCCCC2)c(Cl)c1=O. The molecule has 3 rings (SSSR count). The van der Waals surface area contributed by atoms with Gasteiger partial charge in [-0.25, -0.2) is 4.68 Å². The molecule has 0 saturated carbocycles. The summed E-state index contributed by atoms with van der Waals surface area (Å²) in [5.74, 6) is -0.310. The van der Waals surface area contributed by atoms with Crippen molar-refractivity contribution in [2.45, 2.75) is 39.2 Å². The van der Waals surface area contributed by atoms with E-state index in [2.05, 4.69) is 15.3 Å². The van der Waals surface area contributed by atoms with Crippen molar-refractivity contribution in [1.82, 2.24) is 9.78 Å². The predicted octanol–water partition coefficient (Wildman–Crippen LogP) is 3.40. The number of benzene rings is 1. The lowest BCUT2D eigenvalue weighted by molar-refractivity contribution is -0.119. The van der Waals surface area contributed by atoms with E-state index in [-0.39, 0.29) is 10.9 Å². The number of nitrogens with zero attached hydrogens (tertiary/aromatic N) is 3. The summed E-state index contributed by atoms with van der Waals surface area (Å²) < 4.78 is 1.14. The number of halogens is 1. The molecule has 2 aromatic rings. The van der Waals surface area contributed by atoms with Gasteiger partial charge in [-0.3, -0.25) is 9.59 Å². The Bertz CT molecular complexity index is 859. The van der Waals surface area contributed by atoms with Crippen LogP contribution in [0.4, 0.5) is 11.4 Å². The molecule has 26 heavy (non-hydrogen) atoms. The van der Waals surface area contributed by atoms with Gasteiger partial charge in [0.15, 0.2) is 0 Å². The van der Waals surface area contributed by atoms with E-state index in [1.165, 1.54) is 6.42 Å². The molecule has 0 aliphatic carbocycles. The molecule has 138 valence electrons. The fraction of sp³-hybridized carbons (Fsp3) is 0.421. The second kappa shape index (κ2) is 7.91. The Morgan fingerprint density at radius 2 is 1.92 bits per heavy atom. The highest BCUT2D eigenvalue weighted by Gasteiger charge is 2.23. The van der Waals surface area contributed by atoms with Crippen molar-refractivity contribution in [1.29, 1.82) is 0 Å². The molecule has 1 aromatic heterocycles. The Morgan fingerprint density at radius 3 is 2.62 bits per heavy atom. The Morgan fingerprint density at radius 1 is 1.23 bits per heavy atom. The Labute approximate surface area is 157 Å². The summed E-state index contributed by atoms with van der Waals surface area (Å²) in [7, 11) is 0. The number of hydrogen-bond acceptors (Lipinski definition) is 4. The fourth-order valence-electron chi connectivity index (χ4n) is 3.13. The number of carbonyl (C=O) groups is 1. The minimum Gasteiger partial charge on any atom is -0.369 e. The zero-order valence-electron chi connectivity index (χ0n) is 15.0. The summed E-state index contributed by atoms with van der Waals surface area (Å²) in [6, 6.07) is 6.72. The minimum absolute atomic E-state index is 0.123. The number of para-hydroxylation sites is 1. The van der Waals surface area contributed by atoms with Gasteiger partial charge in [0, 0.05) is 18.8 Å². The molecule has 0 bridgehead atoms. The smallest absolute Gasteiger partial charge is 0.288 e. The maximum atomic E-state index is 12.7. The third-order valence-corrected chi connectivity index (χ3v) is 5.13. The molecule has 1 fully saturated rings. The Kier molecular flexibility index (Phi) is 5.61. The van der Waals surface area contributed by atoms with Crippen LogP contribution >= 0.6 is 11.6 Å². The molecule has 0 unspecified atom stereocenters. The number of aryl methyl sites for hydroxylation is 1. The van der Waals surface area contributed by atoms with Crippen LogP contribution in [-0.2, 0) is 4.79 Å². The highest BCUT2D eigenvalue weighted by molar-refractivity contribution is 6.33. The Balaban J connectivity index is 1.82. The summed E-state index contributed by atoms with van der Waals surface area (Å²) in [6.45, 7) is 5.29. The number of anilines is 2. The zero-order chi connectivity index (χ0) is 18.7. The van der Waals surface area contributed by atoms with E-state index in [9.17, 15) is 9.59 Å². The van der Waals surface area contributed by atoms with E-state index in [1.807, 2.05) is 31.2 Å². The number of aromatic nitrogens is 2. The third kappa shape index (κ3) is 3.75. The van der Waals surface area contributed by atoms with Crippen molar-refractivity contribution in [2.24, 2.45) is 0 Å². The van der Waals surface area contributed by atoms with E-state index in [4.69, 9.17) is 11.6 Å². The average Bonchev–Trinajstić information content (AvgIpc) is 2.66. The van der Waals surface area contributed by atoms with Crippen LogP contribution in [0.5, 0.6) is 0 Å². The molecule has 1 aliphatic rings. The second-order valence-electron chi connectivity index (χ2n) is 6.62. The van der Waals surface area contributed by atoms with Crippen LogP contribution in [0.15, 0.2) is 35.3 Å². The van der Waals surface area contributed by atoms with Crippen molar-refractivity contribution in [2.75, 3.05) is 23.3 Å². The maximum absolute atomic E-state index is 12.7. The lowest BCUT2D eigenvalue weighted by Crippen LogP contribution is -2.36. The largest absolute Gasteiger partial charge is 0.369 e. The van der Waals surface area contributed by atoms with E-state index >= 15 is 0 Å². The Hall–Kier alpha value is -2.34. The van der Waals surface area contributed by atoms with Gasteiger partial charge in [-0.05, 0) is 44.7 Å². The van der Waals surface area contributed by atoms with Gasteiger partial charge in [-0.2, -0.15) is 5.10 Å². The van der Waals surface area contributed by atoms with E-state index < -0.39 is 11.6 Å². The number of piperidine rings is 1. The second-order valence-corrected chi connectivity index (χ2v) is 7.00. The first-order chi connectivity index (χ1) is 12.5. The van der Waals surface area contributed by atoms with E-state index in [0.29, 0.717) is 11.4 Å². The molecule has 1 aliphatic heterocycles. The van der Waals surface area contributed by atoms with Crippen LogP contribution < -0.4 is 15.8 Å².